The molecule has 0 saturated heterocycles. The van der Waals surface area contributed by atoms with Crippen LogP contribution in [0.5, 0.6) is 11.5 Å². The van der Waals surface area contributed by atoms with Crippen LogP contribution in [0.1, 0.15) is 5.82 Å². The molecule has 3 rings (SSSR count). The second-order valence-corrected chi connectivity index (χ2v) is 4.71. The molecule has 1 N–H and O–H groups in total. The minimum Gasteiger partial charge on any atom is -0.508 e. The number of aromatic hydroxyl groups is 1. The zero-order chi connectivity index (χ0) is 13.9. The van der Waals surface area contributed by atoms with Gasteiger partial charge in [-0.1, -0.05) is 12.1 Å². The monoisotopic (exact) mass is 268 g/mol. The average Bonchev–Trinajstić information content (AvgIpc) is 2.84. The van der Waals surface area contributed by atoms with Crippen molar-refractivity contribution in [2.24, 2.45) is 0 Å². The summed E-state index contributed by atoms with van der Waals surface area (Å²) in [6, 6.07) is 11.2. The van der Waals surface area contributed by atoms with E-state index >= 15 is 0 Å². The van der Waals surface area contributed by atoms with Crippen LogP contribution in [-0.4, -0.2) is 21.3 Å². The van der Waals surface area contributed by atoms with Crippen LogP contribution in [0.25, 0.3) is 10.8 Å². The number of aromatic nitrogens is 2. The maximum atomic E-state index is 9.50. The second kappa shape index (κ2) is 5.25. The number of imidazole rings is 1. The molecule has 102 valence electrons. The lowest BCUT2D eigenvalue weighted by atomic mass is 10.1. The van der Waals surface area contributed by atoms with Gasteiger partial charge < -0.3 is 14.4 Å². The lowest BCUT2D eigenvalue weighted by Crippen LogP contribution is -2.08. The van der Waals surface area contributed by atoms with Gasteiger partial charge in [-0.3, -0.25) is 0 Å². The Morgan fingerprint density at radius 2 is 2.00 bits per heavy atom. The van der Waals surface area contributed by atoms with Gasteiger partial charge in [-0.15, -0.1) is 0 Å². The minimum absolute atomic E-state index is 0.267. The number of nitrogens with zero attached hydrogens (tertiary/aromatic N) is 2. The first-order valence-corrected chi connectivity index (χ1v) is 6.56. The number of ether oxygens (including phenoxy) is 1. The van der Waals surface area contributed by atoms with Crippen LogP contribution in [0, 0.1) is 6.92 Å². The van der Waals surface area contributed by atoms with Gasteiger partial charge in [0.2, 0.25) is 0 Å². The van der Waals surface area contributed by atoms with Gasteiger partial charge >= 0.3 is 0 Å². The molecule has 2 aromatic carbocycles. The average molecular weight is 268 g/mol. The molecule has 20 heavy (non-hydrogen) atoms. The zero-order valence-corrected chi connectivity index (χ0v) is 11.3. The van der Waals surface area contributed by atoms with Crippen LogP contribution in [0.4, 0.5) is 0 Å². The van der Waals surface area contributed by atoms with Crippen LogP contribution in [0.2, 0.25) is 0 Å². The van der Waals surface area contributed by atoms with E-state index in [0.29, 0.717) is 6.61 Å². The van der Waals surface area contributed by atoms with Gasteiger partial charge in [0.1, 0.15) is 23.9 Å². The van der Waals surface area contributed by atoms with E-state index in [2.05, 4.69) is 4.98 Å². The normalized spacial score (nSPS) is 10.8. The van der Waals surface area contributed by atoms with Gasteiger partial charge in [-0.05, 0) is 42.0 Å². The molecule has 0 atom stereocenters. The van der Waals surface area contributed by atoms with Gasteiger partial charge in [-0.25, -0.2) is 4.98 Å². The Balaban J connectivity index is 1.70. The topological polar surface area (TPSA) is 47.3 Å². The third kappa shape index (κ3) is 2.59. The van der Waals surface area contributed by atoms with Crippen LogP contribution < -0.4 is 4.74 Å². The zero-order valence-electron chi connectivity index (χ0n) is 11.3. The SMILES string of the molecule is Cc1nccn1CCOc1ccc2ccc(O)cc2c1. The number of benzene rings is 2. The largest absolute Gasteiger partial charge is 0.508 e. The van der Waals surface area contributed by atoms with Crippen molar-refractivity contribution in [1.29, 1.82) is 0 Å². The number of aryl methyl sites for hydroxylation is 1. The standard InChI is InChI=1S/C16H16N2O2/c1-12-17-6-7-18(12)8-9-20-16-5-3-13-2-4-15(19)10-14(13)11-16/h2-7,10-11,19H,8-9H2,1H3. The first-order chi connectivity index (χ1) is 9.72. The summed E-state index contributed by atoms with van der Waals surface area (Å²) in [5, 5.41) is 11.6. The summed E-state index contributed by atoms with van der Waals surface area (Å²) in [4.78, 5) is 4.17. The van der Waals surface area contributed by atoms with Gasteiger partial charge in [0, 0.05) is 12.4 Å². The fourth-order valence-corrected chi connectivity index (χ4v) is 2.20. The molecule has 0 bridgehead atoms. The Bertz CT molecular complexity index is 734. The maximum Gasteiger partial charge on any atom is 0.120 e. The number of fused-ring (bicyclic) bond motifs is 1. The van der Waals surface area contributed by atoms with Crippen LogP contribution in [0.15, 0.2) is 48.8 Å². The fourth-order valence-electron chi connectivity index (χ4n) is 2.20. The summed E-state index contributed by atoms with van der Waals surface area (Å²) >= 11 is 0. The highest BCUT2D eigenvalue weighted by atomic mass is 16.5. The number of hydrogen-bond donors (Lipinski definition) is 1. The summed E-state index contributed by atoms with van der Waals surface area (Å²) in [5.41, 5.74) is 0. The minimum atomic E-state index is 0.267. The highest BCUT2D eigenvalue weighted by Crippen LogP contribution is 2.24. The van der Waals surface area contributed by atoms with Crippen molar-refractivity contribution in [2.45, 2.75) is 13.5 Å². The van der Waals surface area contributed by atoms with Gasteiger partial charge in [-0.2, -0.15) is 0 Å². The second-order valence-electron chi connectivity index (χ2n) is 4.71. The van der Waals surface area contributed by atoms with Crippen molar-refractivity contribution < 1.29 is 9.84 Å². The van der Waals surface area contributed by atoms with Crippen molar-refractivity contribution in [3.63, 3.8) is 0 Å². The van der Waals surface area contributed by atoms with Crippen molar-refractivity contribution >= 4 is 10.8 Å². The van der Waals surface area contributed by atoms with Crippen molar-refractivity contribution in [3.8, 4) is 11.5 Å². The first kappa shape index (κ1) is 12.5. The Hall–Kier alpha value is -2.49. The van der Waals surface area contributed by atoms with E-state index in [9.17, 15) is 5.11 Å². The predicted molar refractivity (Wildman–Crippen MR) is 78.1 cm³/mol. The smallest absolute Gasteiger partial charge is 0.120 e. The van der Waals surface area contributed by atoms with E-state index in [-0.39, 0.29) is 5.75 Å². The Labute approximate surface area is 117 Å². The summed E-state index contributed by atoms with van der Waals surface area (Å²) in [6.07, 6.45) is 3.73. The fraction of sp³-hybridized carbons (Fsp3) is 0.188. The van der Waals surface area contributed by atoms with Gasteiger partial charge in [0.25, 0.3) is 0 Å². The summed E-state index contributed by atoms with van der Waals surface area (Å²) in [6.45, 7) is 3.32. The molecular formula is C16H16N2O2. The van der Waals surface area contributed by atoms with Crippen LogP contribution in [0.3, 0.4) is 0 Å². The van der Waals surface area contributed by atoms with E-state index in [1.165, 1.54) is 0 Å². The molecule has 0 fully saturated rings. The van der Waals surface area contributed by atoms with Crippen molar-refractivity contribution in [1.82, 2.24) is 9.55 Å². The van der Waals surface area contributed by atoms with Crippen molar-refractivity contribution in [3.05, 3.63) is 54.6 Å². The molecule has 4 nitrogen and oxygen atoms in total. The van der Waals surface area contributed by atoms with E-state index < -0.39 is 0 Å². The number of hydrogen-bond acceptors (Lipinski definition) is 3. The maximum absolute atomic E-state index is 9.50. The summed E-state index contributed by atoms with van der Waals surface area (Å²) in [5.74, 6) is 2.06. The molecule has 0 amide bonds. The van der Waals surface area contributed by atoms with E-state index in [1.54, 1.807) is 18.3 Å². The molecule has 0 aliphatic rings. The lowest BCUT2D eigenvalue weighted by Gasteiger charge is -2.09. The molecule has 0 spiro atoms. The van der Waals surface area contributed by atoms with E-state index in [0.717, 1.165) is 28.9 Å². The molecule has 0 radical (unpaired) electrons. The van der Waals surface area contributed by atoms with E-state index in [4.69, 9.17) is 4.74 Å². The highest BCUT2D eigenvalue weighted by Gasteiger charge is 2.00. The van der Waals surface area contributed by atoms with Crippen molar-refractivity contribution in [2.75, 3.05) is 6.61 Å². The quantitative estimate of drug-likeness (QED) is 0.790. The first-order valence-electron chi connectivity index (χ1n) is 6.56. The van der Waals surface area contributed by atoms with Gasteiger partial charge in [0.05, 0.1) is 6.54 Å². The Morgan fingerprint density at radius 3 is 2.80 bits per heavy atom. The molecule has 3 aromatic rings. The number of phenolic OH excluding ortho intramolecular Hbond substituents is 1. The van der Waals surface area contributed by atoms with Gasteiger partial charge in [0.15, 0.2) is 0 Å². The molecule has 0 unspecified atom stereocenters. The highest BCUT2D eigenvalue weighted by molar-refractivity contribution is 5.85. The molecule has 0 aliphatic heterocycles. The number of rotatable bonds is 4. The lowest BCUT2D eigenvalue weighted by molar-refractivity contribution is 0.297. The Kier molecular flexibility index (Phi) is 3.29. The predicted octanol–water partition coefficient (Wildman–Crippen LogP) is 3.13. The van der Waals surface area contributed by atoms with E-state index in [1.807, 2.05) is 42.0 Å². The third-order valence-electron chi connectivity index (χ3n) is 3.32. The molecule has 1 heterocycles. The molecule has 0 aliphatic carbocycles. The molecule has 0 saturated carbocycles. The molecule has 4 heteroatoms. The third-order valence-corrected chi connectivity index (χ3v) is 3.32. The molecular weight excluding hydrogens is 252 g/mol. The summed E-state index contributed by atoms with van der Waals surface area (Å²) in [7, 11) is 0. The van der Waals surface area contributed by atoms with Crippen LogP contribution in [-0.2, 0) is 6.54 Å². The summed E-state index contributed by atoms with van der Waals surface area (Å²) < 4.78 is 7.80. The molecule has 1 aromatic heterocycles. The van der Waals surface area contributed by atoms with Crippen LogP contribution >= 0.6 is 0 Å². The number of phenols is 1. The Morgan fingerprint density at radius 1 is 1.15 bits per heavy atom.